The Morgan fingerprint density at radius 2 is 2.19 bits per heavy atom. The molecule has 0 N–H and O–H groups in total. The minimum Gasteiger partial charge on any atom is -0.348 e. The van der Waals surface area contributed by atoms with Gasteiger partial charge in [0.1, 0.15) is 5.78 Å². The minimum absolute atomic E-state index is 0.000349. The molecule has 3 heteroatoms. The molecular formula is C13H22O3. The number of hydrogen-bond donors (Lipinski definition) is 0. The monoisotopic (exact) mass is 226 g/mol. The Balaban J connectivity index is 1.80. The van der Waals surface area contributed by atoms with Gasteiger partial charge in [-0.2, -0.15) is 0 Å². The normalized spacial score (nSPS) is 37.4. The average Bonchev–Trinajstić information content (AvgIpc) is 2.56. The summed E-state index contributed by atoms with van der Waals surface area (Å²) in [5.41, 5.74) is 0. The standard InChI is InChI=1S/C13H22O3/c1-4-5-6-9-7-10(12(9)14)11-8-15-13(2,3)16-11/h9-11H,4-8H2,1-3H3/t9-,10+,11+/m1/s1. The van der Waals surface area contributed by atoms with E-state index >= 15 is 0 Å². The Morgan fingerprint density at radius 1 is 1.44 bits per heavy atom. The number of Topliss-reactive ketones (excluding diaryl/α,β-unsaturated/α-hetero) is 1. The van der Waals surface area contributed by atoms with Gasteiger partial charge < -0.3 is 9.47 Å². The summed E-state index contributed by atoms with van der Waals surface area (Å²) in [5.74, 6) is 0.306. The van der Waals surface area contributed by atoms with Crippen molar-refractivity contribution in [2.45, 2.75) is 58.3 Å². The van der Waals surface area contributed by atoms with Crippen molar-refractivity contribution in [1.29, 1.82) is 0 Å². The summed E-state index contributed by atoms with van der Waals surface area (Å²) in [6.45, 7) is 6.55. The molecule has 2 aliphatic rings. The molecule has 1 heterocycles. The molecule has 3 nitrogen and oxygen atoms in total. The molecular weight excluding hydrogens is 204 g/mol. The smallest absolute Gasteiger partial charge is 0.163 e. The Bertz CT molecular complexity index is 272. The van der Waals surface area contributed by atoms with Crippen LogP contribution in [0.4, 0.5) is 0 Å². The Morgan fingerprint density at radius 3 is 2.69 bits per heavy atom. The number of rotatable bonds is 4. The lowest BCUT2D eigenvalue weighted by Crippen LogP contribution is -2.45. The highest BCUT2D eigenvalue weighted by molar-refractivity contribution is 5.89. The van der Waals surface area contributed by atoms with Crippen LogP contribution < -0.4 is 0 Å². The maximum absolute atomic E-state index is 11.9. The maximum atomic E-state index is 11.9. The van der Waals surface area contributed by atoms with Crippen LogP contribution in [0.25, 0.3) is 0 Å². The zero-order valence-electron chi connectivity index (χ0n) is 10.5. The second-order valence-corrected chi connectivity index (χ2v) is 5.45. The molecule has 0 unspecified atom stereocenters. The van der Waals surface area contributed by atoms with Gasteiger partial charge in [-0.05, 0) is 26.7 Å². The predicted octanol–water partition coefficient (Wildman–Crippen LogP) is 2.53. The van der Waals surface area contributed by atoms with Crippen LogP contribution in [-0.4, -0.2) is 24.3 Å². The van der Waals surface area contributed by atoms with E-state index in [1.54, 1.807) is 0 Å². The lowest BCUT2D eigenvalue weighted by Gasteiger charge is -2.36. The van der Waals surface area contributed by atoms with Gasteiger partial charge in [0.05, 0.1) is 12.7 Å². The molecule has 0 radical (unpaired) electrons. The van der Waals surface area contributed by atoms with Crippen molar-refractivity contribution >= 4 is 5.78 Å². The van der Waals surface area contributed by atoms with Crippen molar-refractivity contribution in [3.05, 3.63) is 0 Å². The van der Waals surface area contributed by atoms with Crippen molar-refractivity contribution in [3.8, 4) is 0 Å². The van der Waals surface area contributed by atoms with E-state index in [1.807, 2.05) is 13.8 Å². The molecule has 0 amide bonds. The molecule has 0 aromatic heterocycles. The molecule has 92 valence electrons. The summed E-state index contributed by atoms with van der Waals surface area (Å²) in [6.07, 6.45) is 4.40. The molecule has 1 aliphatic carbocycles. The zero-order chi connectivity index (χ0) is 11.8. The van der Waals surface area contributed by atoms with E-state index in [0.717, 1.165) is 19.3 Å². The highest BCUT2D eigenvalue weighted by atomic mass is 16.7. The molecule has 0 aromatic rings. The first-order valence-electron chi connectivity index (χ1n) is 6.39. The first-order valence-corrected chi connectivity index (χ1v) is 6.39. The molecule has 0 bridgehead atoms. The first-order chi connectivity index (χ1) is 7.53. The van der Waals surface area contributed by atoms with Crippen molar-refractivity contribution < 1.29 is 14.3 Å². The molecule has 2 rings (SSSR count). The van der Waals surface area contributed by atoms with Gasteiger partial charge in [-0.3, -0.25) is 4.79 Å². The van der Waals surface area contributed by atoms with Crippen LogP contribution in [0.2, 0.25) is 0 Å². The molecule has 3 atom stereocenters. The van der Waals surface area contributed by atoms with Crippen LogP contribution in [-0.2, 0) is 14.3 Å². The first kappa shape index (κ1) is 12.1. The van der Waals surface area contributed by atoms with Crippen molar-refractivity contribution in [2.24, 2.45) is 11.8 Å². The van der Waals surface area contributed by atoms with E-state index in [-0.39, 0.29) is 12.0 Å². The van der Waals surface area contributed by atoms with Gasteiger partial charge in [0.25, 0.3) is 0 Å². The van der Waals surface area contributed by atoms with Gasteiger partial charge >= 0.3 is 0 Å². The van der Waals surface area contributed by atoms with E-state index in [4.69, 9.17) is 9.47 Å². The van der Waals surface area contributed by atoms with E-state index in [0.29, 0.717) is 18.3 Å². The van der Waals surface area contributed by atoms with Crippen LogP contribution in [0.15, 0.2) is 0 Å². The molecule has 16 heavy (non-hydrogen) atoms. The number of carbonyl (C=O) groups is 1. The van der Waals surface area contributed by atoms with Crippen LogP contribution in [0.3, 0.4) is 0 Å². The molecule has 1 saturated carbocycles. The number of carbonyl (C=O) groups excluding carboxylic acids is 1. The van der Waals surface area contributed by atoms with E-state index in [2.05, 4.69) is 6.92 Å². The second-order valence-electron chi connectivity index (χ2n) is 5.45. The van der Waals surface area contributed by atoms with Crippen LogP contribution in [0.5, 0.6) is 0 Å². The van der Waals surface area contributed by atoms with Crippen molar-refractivity contribution in [2.75, 3.05) is 6.61 Å². The highest BCUT2D eigenvalue weighted by Gasteiger charge is 2.48. The number of ether oxygens (including phenoxy) is 2. The lowest BCUT2D eigenvalue weighted by molar-refractivity contribution is -0.160. The number of ketones is 1. The lowest BCUT2D eigenvalue weighted by atomic mass is 9.69. The average molecular weight is 226 g/mol. The predicted molar refractivity (Wildman–Crippen MR) is 61.0 cm³/mol. The van der Waals surface area contributed by atoms with Crippen LogP contribution in [0, 0.1) is 11.8 Å². The Hall–Kier alpha value is -0.410. The summed E-state index contributed by atoms with van der Waals surface area (Å²) in [6, 6.07) is 0. The number of hydrogen-bond acceptors (Lipinski definition) is 3. The summed E-state index contributed by atoms with van der Waals surface area (Å²) < 4.78 is 11.2. The van der Waals surface area contributed by atoms with Crippen molar-refractivity contribution in [1.82, 2.24) is 0 Å². The maximum Gasteiger partial charge on any atom is 0.163 e. The van der Waals surface area contributed by atoms with Gasteiger partial charge in [-0.1, -0.05) is 19.8 Å². The highest BCUT2D eigenvalue weighted by Crippen LogP contribution is 2.40. The van der Waals surface area contributed by atoms with Gasteiger partial charge in [0.2, 0.25) is 0 Å². The summed E-state index contributed by atoms with van der Waals surface area (Å²) in [4.78, 5) is 11.9. The quantitative estimate of drug-likeness (QED) is 0.739. The summed E-state index contributed by atoms with van der Waals surface area (Å²) >= 11 is 0. The third-order valence-corrected chi connectivity index (χ3v) is 3.69. The van der Waals surface area contributed by atoms with E-state index in [9.17, 15) is 4.79 Å². The second kappa shape index (κ2) is 4.46. The minimum atomic E-state index is -0.501. The molecule has 1 saturated heterocycles. The van der Waals surface area contributed by atoms with Gasteiger partial charge in [-0.25, -0.2) is 0 Å². The van der Waals surface area contributed by atoms with Crippen LogP contribution >= 0.6 is 0 Å². The third-order valence-electron chi connectivity index (χ3n) is 3.69. The topological polar surface area (TPSA) is 35.5 Å². The van der Waals surface area contributed by atoms with Crippen LogP contribution in [0.1, 0.15) is 46.5 Å². The molecule has 0 aromatic carbocycles. The fraction of sp³-hybridized carbons (Fsp3) is 0.923. The fourth-order valence-corrected chi connectivity index (χ4v) is 2.64. The van der Waals surface area contributed by atoms with Crippen molar-refractivity contribution in [3.63, 3.8) is 0 Å². The Labute approximate surface area is 97.5 Å². The third kappa shape index (κ3) is 2.30. The molecule has 2 fully saturated rings. The summed E-state index contributed by atoms with van der Waals surface area (Å²) in [5, 5.41) is 0. The fourth-order valence-electron chi connectivity index (χ4n) is 2.64. The Kier molecular flexibility index (Phi) is 3.36. The largest absolute Gasteiger partial charge is 0.348 e. The van der Waals surface area contributed by atoms with Gasteiger partial charge in [0, 0.05) is 11.8 Å². The molecule has 1 aliphatic heterocycles. The van der Waals surface area contributed by atoms with E-state index in [1.165, 1.54) is 6.42 Å². The van der Waals surface area contributed by atoms with Gasteiger partial charge in [0.15, 0.2) is 5.79 Å². The van der Waals surface area contributed by atoms with Gasteiger partial charge in [-0.15, -0.1) is 0 Å². The zero-order valence-corrected chi connectivity index (χ0v) is 10.5. The SMILES string of the molecule is CCCC[C@@H]1C[C@@H]([C@@H]2COC(C)(C)O2)C1=O. The number of unbranched alkanes of at least 4 members (excludes halogenated alkanes) is 1. The van der Waals surface area contributed by atoms with E-state index < -0.39 is 5.79 Å². The summed E-state index contributed by atoms with van der Waals surface area (Å²) in [7, 11) is 0. The molecule has 0 spiro atoms.